The molecule has 158 valence electrons. The average molecular weight is 420 g/mol. The lowest BCUT2D eigenvalue weighted by atomic mass is 10.0. The van der Waals surface area contributed by atoms with Crippen LogP contribution < -0.4 is 15.1 Å². The maximum absolute atomic E-state index is 13.1. The molecule has 2 aromatic rings. The zero-order valence-electron chi connectivity index (χ0n) is 16.6. The van der Waals surface area contributed by atoms with Crippen LogP contribution in [0.5, 0.6) is 0 Å². The van der Waals surface area contributed by atoms with E-state index in [1.54, 1.807) is 36.4 Å². The van der Waals surface area contributed by atoms with Gasteiger partial charge in [0.2, 0.25) is 0 Å². The van der Waals surface area contributed by atoms with Gasteiger partial charge < -0.3 is 4.90 Å². The maximum atomic E-state index is 13.1. The lowest BCUT2D eigenvalue weighted by molar-refractivity contribution is -0.384. The van der Waals surface area contributed by atoms with Crippen molar-refractivity contribution in [3.63, 3.8) is 0 Å². The van der Waals surface area contributed by atoms with Crippen LogP contribution in [0.25, 0.3) is 6.08 Å². The minimum atomic E-state index is -0.839. The molecule has 0 aromatic heterocycles. The van der Waals surface area contributed by atoms with Crippen molar-refractivity contribution in [3.8, 4) is 0 Å². The smallest absolute Gasteiger partial charge is 0.335 e. The van der Waals surface area contributed by atoms with E-state index in [2.05, 4.69) is 10.2 Å². The van der Waals surface area contributed by atoms with Crippen molar-refractivity contribution in [1.29, 1.82) is 0 Å². The summed E-state index contributed by atoms with van der Waals surface area (Å²) in [5.41, 5.74) is 1.01. The van der Waals surface area contributed by atoms with Crippen LogP contribution in [0.2, 0.25) is 0 Å². The van der Waals surface area contributed by atoms with Gasteiger partial charge in [0.25, 0.3) is 17.5 Å². The Hall–Kier alpha value is -4.01. The van der Waals surface area contributed by atoms with Crippen LogP contribution in [0.3, 0.4) is 0 Å². The fourth-order valence-corrected chi connectivity index (χ4v) is 3.82. The first-order valence-electron chi connectivity index (χ1n) is 9.95. The number of imide groups is 2. The molecule has 0 aliphatic carbocycles. The molecule has 9 nitrogen and oxygen atoms in total. The van der Waals surface area contributed by atoms with Crippen molar-refractivity contribution in [2.45, 2.75) is 19.3 Å². The lowest BCUT2D eigenvalue weighted by Crippen LogP contribution is -2.54. The van der Waals surface area contributed by atoms with Gasteiger partial charge in [0.15, 0.2) is 0 Å². The van der Waals surface area contributed by atoms with Gasteiger partial charge in [0, 0.05) is 36.5 Å². The number of hydrogen-bond donors (Lipinski definition) is 1. The Morgan fingerprint density at radius 3 is 2.35 bits per heavy atom. The van der Waals surface area contributed by atoms with Gasteiger partial charge in [0.05, 0.1) is 10.6 Å². The molecule has 9 heteroatoms. The van der Waals surface area contributed by atoms with Gasteiger partial charge in [0.1, 0.15) is 5.57 Å². The number of hydrogen-bond acceptors (Lipinski definition) is 6. The first kappa shape index (κ1) is 20.3. The average Bonchev–Trinajstić information content (AvgIpc) is 2.77. The third kappa shape index (κ3) is 4.02. The van der Waals surface area contributed by atoms with Crippen LogP contribution >= 0.6 is 0 Å². The number of urea groups is 1. The van der Waals surface area contributed by atoms with E-state index < -0.39 is 22.8 Å². The topological polar surface area (TPSA) is 113 Å². The number of para-hydroxylation sites is 1. The highest BCUT2D eigenvalue weighted by atomic mass is 16.6. The quantitative estimate of drug-likeness (QED) is 0.352. The molecule has 2 saturated heterocycles. The normalized spacial score (nSPS) is 18.3. The molecular formula is C22H20N4O5. The molecule has 0 radical (unpaired) electrons. The summed E-state index contributed by atoms with van der Waals surface area (Å²) in [6.45, 7) is 1.56. The minimum Gasteiger partial charge on any atom is -0.371 e. The molecule has 31 heavy (non-hydrogen) atoms. The van der Waals surface area contributed by atoms with Crippen LogP contribution in [0.15, 0.2) is 54.1 Å². The number of rotatable bonds is 4. The summed E-state index contributed by atoms with van der Waals surface area (Å²) in [4.78, 5) is 51.7. The summed E-state index contributed by atoms with van der Waals surface area (Å²) in [7, 11) is 0. The summed E-state index contributed by atoms with van der Waals surface area (Å²) in [5.74, 6) is -1.62. The van der Waals surface area contributed by atoms with Gasteiger partial charge in [-0.25, -0.2) is 9.69 Å². The Labute approximate surface area is 178 Å². The number of piperidine rings is 1. The van der Waals surface area contributed by atoms with Crippen LogP contribution in [-0.4, -0.2) is 35.9 Å². The second kappa shape index (κ2) is 8.39. The van der Waals surface area contributed by atoms with Crippen LogP contribution in [0.1, 0.15) is 24.8 Å². The molecule has 2 aliphatic heterocycles. The van der Waals surface area contributed by atoms with E-state index in [4.69, 9.17) is 0 Å². The number of nitro groups is 1. The van der Waals surface area contributed by atoms with Crippen LogP contribution in [-0.2, 0) is 9.59 Å². The highest BCUT2D eigenvalue weighted by Crippen LogP contribution is 2.31. The number of carbonyl (C=O) groups excluding carboxylic acids is 3. The summed E-state index contributed by atoms with van der Waals surface area (Å²) in [5, 5.41) is 13.5. The van der Waals surface area contributed by atoms with Crippen molar-refractivity contribution in [2.75, 3.05) is 22.9 Å². The monoisotopic (exact) mass is 420 g/mol. The third-order valence-electron chi connectivity index (χ3n) is 5.33. The van der Waals surface area contributed by atoms with Crippen LogP contribution in [0.4, 0.5) is 21.9 Å². The molecule has 4 amide bonds. The second-order valence-electron chi connectivity index (χ2n) is 7.34. The van der Waals surface area contributed by atoms with Gasteiger partial charge in [-0.05, 0) is 43.5 Å². The molecule has 0 atom stereocenters. The molecule has 4 rings (SSSR count). The number of amides is 4. The largest absolute Gasteiger partial charge is 0.371 e. The van der Waals surface area contributed by atoms with Crippen molar-refractivity contribution in [3.05, 3.63) is 69.8 Å². The molecule has 2 aromatic carbocycles. The first-order chi connectivity index (χ1) is 15.0. The molecule has 0 bridgehead atoms. The number of benzene rings is 2. The van der Waals surface area contributed by atoms with Crippen molar-refractivity contribution < 1.29 is 19.3 Å². The van der Waals surface area contributed by atoms with Gasteiger partial charge in [-0.3, -0.25) is 25.0 Å². The first-order valence-corrected chi connectivity index (χ1v) is 9.95. The number of nitrogens with zero attached hydrogens (tertiary/aromatic N) is 3. The molecule has 2 heterocycles. The Morgan fingerprint density at radius 2 is 1.68 bits per heavy atom. The predicted molar refractivity (Wildman–Crippen MR) is 115 cm³/mol. The molecule has 2 fully saturated rings. The van der Waals surface area contributed by atoms with E-state index in [9.17, 15) is 24.5 Å². The van der Waals surface area contributed by atoms with Gasteiger partial charge in [-0.2, -0.15) is 0 Å². The van der Waals surface area contributed by atoms with Crippen molar-refractivity contribution in [1.82, 2.24) is 5.32 Å². The molecule has 0 spiro atoms. The van der Waals surface area contributed by atoms with Crippen molar-refractivity contribution >= 4 is 41.0 Å². The number of non-ortho nitro benzene ring substituents is 1. The third-order valence-corrected chi connectivity index (χ3v) is 5.33. The zero-order chi connectivity index (χ0) is 22.0. The molecule has 0 unspecified atom stereocenters. The molecular weight excluding hydrogens is 400 g/mol. The number of nitro benzene ring substituents is 1. The molecule has 0 saturated carbocycles. The van der Waals surface area contributed by atoms with E-state index in [-0.39, 0.29) is 11.3 Å². The molecule has 2 aliphatic rings. The Morgan fingerprint density at radius 1 is 0.968 bits per heavy atom. The van der Waals surface area contributed by atoms with Gasteiger partial charge in [-0.15, -0.1) is 0 Å². The number of barbiturate groups is 1. The predicted octanol–water partition coefficient (Wildman–Crippen LogP) is 3.25. The Kier molecular flexibility index (Phi) is 5.48. The van der Waals surface area contributed by atoms with E-state index in [0.717, 1.165) is 37.3 Å². The lowest BCUT2D eigenvalue weighted by Gasteiger charge is -2.30. The van der Waals surface area contributed by atoms with Gasteiger partial charge >= 0.3 is 6.03 Å². The highest BCUT2D eigenvalue weighted by molar-refractivity contribution is 6.39. The summed E-state index contributed by atoms with van der Waals surface area (Å²) in [6, 6.07) is 11.8. The summed E-state index contributed by atoms with van der Waals surface area (Å²) in [6.07, 6.45) is 4.41. The van der Waals surface area contributed by atoms with Gasteiger partial charge in [-0.1, -0.05) is 18.2 Å². The fourth-order valence-electron chi connectivity index (χ4n) is 3.82. The standard InChI is InChI=1S/C22H20N4O5/c27-20-18(21(28)25(22(29)23-20)16-7-3-1-4-8-16)14-15-13-17(26(30)31)9-10-19(15)24-11-5-2-6-12-24/h1,3-4,7-10,13-14H,2,5-6,11-12H2,(H,23,27,29)/b18-14-. The summed E-state index contributed by atoms with van der Waals surface area (Å²) >= 11 is 0. The SMILES string of the molecule is O=C1NC(=O)N(c2ccccc2)C(=O)/C1=C\c1cc([N+](=O)[O-])ccc1N1CCCCC1. The van der Waals surface area contributed by atoms with Crippen LogP contribution in [0, 0.1) is 10.1 Å². The second-order valence-corrected chi connectivity index (χ2v) is 7.34. The Bertz CT molecular complexity index is 1090. The fraction of sp³-hybridized carbons (Fsp3) is 0.227. The minimum absolute atomic E-state index is 0.146. The number of carbonyl (C=O) groups is 3. The molecule has 1 N–H and O–H groups in total. The number of anilines is 2. The highest BCUT2D eigenvalue weighted by Gasteiger charge is 2.37. The van der Waals surface area contributed by atoms with E-state index in [1.807, 2.05) is 0 Å². The number of nitrogens with one attached hydrogen (secondary N) is 1. The maximum Gasteiger partial charge on any atom is 0.335 e. The Balaban J connectivity index is 1.79. The van der Waals surface area contributed by atoms with E-state index >= 15 is 0 Å². The zero-order valence-corrected chi connectivity index (χ0v) is 16.6. The summed E-state index contributed by atoms with van der Waals surface area (Å²) < 4.78 is 0. The van der Waals surface area contributed by atoms with Crippen molar-refractivity contribution in [2.24, 2.45) is 0 Å². The van der Waals surface area contributed by atoms with E-state index in [1.165, 1.54) is 18.2 Å². The van der Waals surface area contributed by atoms with E-state index in [0.29, 0.717) is 16.9 Å².